The molecule has 0 spiro atoms. The number of hydrogen-bond donors (Lipinski definition) is 2. The molecule has 0 amide bonds. The van der Waals surface area contributed by atoms with Gasteiger partial charge in [0.1, 0.15) is 10.5 Å². The van der Waals surface area contributed by atoms with Gasteiger partial charge in [0, 0.05) is 12.6 Å². The summed E-state index contributed by atoms with van der Waals surface area (Å²) < 4.78 is 0.730. The van der Waals surface area contributed by atoms with Gasteiger partial charge in [0.15, 0.2) is 0 Å². The molecular formula is C15H20N4OS. The lowest BCUT2D eigenvalue weighted by atomic mass is 9.93. The van der Waals surface area contributed by atoms with E-state index in [1.54, 1.807) is 0 Å². The van der Waals surface area contributed by atoms with Crippen LogP contribution in [0.1, 0.15) is 19.2 Å². The van der Waals surface area contributed by atoms with Crippen molar-refractivity contribution in [3.8, 4) is 0 Å². The van der Waals surface area contributed by atoms with Crippen LogP contribution in [-0.2, 0) is 6.54 Å². The predicted octanol–water partition coefficient (Wildman–Crippen LogP) is 1.41. The number of aromatic amines is 1. The lowest BCUT2D eigenvalue weighted by Crippen LogP contribution is -2.35. The first-order valence-electron chi connectivity index (χ1n) is 7.67. The summed E-state index contributed by atoms with van der Waals surface area (Å²) in [5.41, 5.74) is 0.826. The highest BCUT2D eigenvalue weighted by atomic mass is 32.1. The lowest BCUT2D eigenvalue weighted by Gasteiger charge is -2.26. The Bertz CT molecular complexity index is 709. The molecule has 6 heteroatoms. The zero-order chi connectivity index (χ0) is 14.4. The van der Waals surface area contributed by atoms with Gasteiger partial charge in [-0.3, -0.25) is 9.69 Å². The first-order chi connectivity index (χ1) is 10.3. The van der Waals surface area contributed by atoms with E-state index in [4.69, 9.17) is 0 Å². The number of nitrogens with one attached hydrogen (secondary N) is 2. The molecule has 112 valence electrons. The maximum absolute atomic E-state index is 12.1. The average molecular weight is 304 g/mol. The van der Waals surface area contributed by atoms with Crippen LogP contribution in [-0.4, -0.2) is 40.5 Å². The minimum absolute atomic E-state index is 0.000828. The van der Waals surface area contributed by atoms with Gasteiger partial charge < -0.3 is 10.3 Å². The molecule has 2 saturated heterocycles. The van der Waals surface area contributed by atoms with Crippen LogP contribution in [0.3, 0.4) is 0 Å². The first kappa shape index (κ1) is 13.4. The summed E-state index contributed by atoms with van der Waals surface area (Å²) in [6, 6.07) is 2.53. The van der Waals surface area contributed by atoms with Gasteiger partial charge in [0.2, 0.25) is 0 Å². The molecule has 2 fully saturated rings. The highest BCUT2D eigenvalue weighted by Crippen LogP contribution is 2.34. The monoisotopic (exact) mass is 304 g/mol. The van der Waals surface area contributed by atoms with Crippen LogP contribution in [0.5, 0.6) is 0 Å². The summed E-state index contributed by atoms with van der Waals surface area (Å²) in [5.74, 6) is 2.32. The van der Waals surface area contributed by atoms with Crippen molar-refractivity contribution in [1.29, 1.82) is 0 Å². The van der Waals surface area contributed by atoms with E-state index in [9.17, 15) is 4.79 Å². The van der Waals surface area contributed by atoms with Crippen molar-refractivity contribution in [3.63, 3.8) is 0 Å². The van der Waals surface area contributed by atoms with Gasteiger partial charge in [-0.25, -0.2) is 4.98 Å². The minimum atomic E-state index is -0.000828. The van der Waals surface area contributed by atoms with E-state index in [-0.39, 0.29) is 5.56 Å². The summed E-state index contributed by atoms with van der Waals surface area (Å²) in [6.07, 6.45) is 1.16. The molecule has 0 saturated carbocycles. The van der Waals surface area contributed by atoms with E-state index in [0.29, 0.717) is 6.04 Å². The topological polar surface area (TPSA) is 61.0 Å². The molecule has 2 aromatic rings. The fourth-order valence-corrected chi connectivity index (χ4v) is 4.77. The van der Waals surface area contributed by atoms with Crippen molar-refractivity contribution >= 4 is 21.6 Å². The molecule has 0 aromatic carbocycles. The van der Waals surface area contributed by atoms with Crippen LogP contribution in [0, 0.1) is 11.8 Å². The Balaban J connectivity index is 1.60. The van der Waals surface area contributed by atoms with Crippen molar-refractivity contribution in [2.75, 3.05) is 19.6 Å². The Morgan fingerprint density at radius 3 is 3.24 bits per heavy atom. The van der Waals surface area contributed by atoms with Crippen LogP contribution in [0.15, 0.2) is 16.2 Å². The molecule has 21 heavy (non-hydrogen) atoms. The number of H-pyrrole nitrogens is 1. The highest BCUT2D eigenvalue weighted by Gasteiger charge is 2.43. The zero-order valence-corrected chi connectivity index (χ0v) is 12.9. The fraction of sp³-hybridized carbons (Fsp3) is 0.600. The number of nitrogens with zero attached hydrogens (tertiary/aromatic N) is 2. The molecule has 2 aliphatic rings. The number of rotatable bonds is 3. The number of hydrogen-bond acceptors (Lipinski definition) is 5. The predicted molar refractivity (Wildman–Crippen MR) is 84.6 cm³/mol. The third-order valence-corrected chi connectivity index (χ3v) is 5.86. The third kappa shape index (κ3) is 2.22. The van der Waals surface area contributed by atoms with Gasteiger partial charge in [-0.2, -0.15) is 0 Å². The van der Waals surface area contributed by atoms with Crippen LogP contribution in [0.4, 0.5) is 0 Å². The van der Waals surface area contributed by atoms with Gasteiger partial charge in [-0.1, -0.05) is 6.92 Å². The number of fused-ring (bicyclic) bond motifs is 2. The number of likely N-dealkylation sites (tertiary alicyclic amines) is 1. The first-order valence-corrected chi connectivity index (χ1v) is 8.55. The number of thiophene rings is 1. The molecule has 0 aliphatic carbocycles. The van der Waals surface area contributed by atoms with Crippen LogP contribution in [0.2, 0.25) is 0 Å². The summed E-state index contributed by atoms with van der Waals surface area (Å²) in [6.45, 7) is 6.39. The third-order valence-electron chi connectivity index (χ3n) is 4.96. The molecule has 0 bridgehead atoms. The van der Waals surface area contributed by atoms with Crippen molar-refractivity contribution in [2.24, 2.45) is 11.8 Å². The molecule has 4 heterocycles. The van der Waals surface area contributed by atoms with E-state index in [0.717, 1.165) is 60.5 Å². The van der Waals surface area contributed by atoms with Crippen molar-refractivity contribution in [1.82, 2.24) is 20.2 Å². The lowest BCUT2D eigenvalue weighted by molar-refractivity contribution is 0.206. The van der Waals surface area contributed by atoms with E-state index < -0.39 is 0 Å². The van der Waals surface area contributed by atoms with Crippen molar-refractivity contribution in [3.05, 3.63) is 27.6 Å². The maximum atomic E-state index is 12.1. The second-order valence-electron chi connectivity index (χ2n) is 6.13. The Morgan fingerprint density at radius 2 is 2.38 bits per heavy atom. The quantitative estimate of drug-likeness (QED) is 0.900. The van der Waals surface area contributed by atoms with Crippen molar-refractivity contribution in [2.45, 2.75) is 25.9 Å². The normalized spacial score (nSPS) is 29.3. The second kappa shape index (κ2) is 5.19. The van der Waals surface area contributed by atoms with Gasteiger partial charge in [0.25, 0.3) is 5.56 Å². The van der Waals surface area contributed by atoms with Gasteiger partial charge in [-0.05, 0) is 42.8 Å². The Labute approximate surface area is 127 Å². The molecule has 3 atom stereocenters. The summed E-state index contributed by atoms with van der Waals surface area (Å²) in [4.78, 5) is 22.2. The fourth-order valence-electron chi connectivity index (χ4n) is 4.04. The summed E-state index contributed by atoms with van der Waals surface area (Å²) in [7, 11) is 0. The Morgan fingerprint density at radius 1 is 1.48 bits per heavy atom. The van der Waals surface area contributed by atoms with Gasteiger partial charge in [0.05, 0.1) is 12.1 Å². The van der Waals surface area contributed by atoms with Crippen LogP contribution < -0.4 is 10.9 Å². The van der Waals surface area contributed by atoms with Crippen LogP contribution >= 0.6 is 11.3 Å². The molecule has 5 nitrogen and oxygen atoms in total. The maximum Gasteiger partial charge on any atom is 0.268 e. The molecule has 4 rings (SSSR count). The molecular weight excluding hydrogens is 284 g/mol. The van der Waals surface area contributed by atoms with E-state index >= 15 is 0 Å². The van der Waals surface area contributed by atoms with E-state index in [1.807, 2.05) is 11.4 Å². The summed E-state index contributed by atoms with van der Waals surface area (Å²) in [5, 5.41) is 5.43. The van der Waals surface area contributed by atoms with Crippen LogP contribution in [0.25, 0.3) is 10.2 Å². The Hall–Kier alpha value is -1.24. The second-order valence-corrected chi connectivity index (χ2v) is 7.05. The van der Waals surface area contributed by atoms with E-state index in [1.165, 1.54) is 11.3 Å². The highest BCUT2D eigenvalue weighted by molar-refractivity contribution is 7.17. The largest absolute Gasteiger partial charge is 0.316 e. The molecule has 2 N–H and O–H groups in total. The van der Waals surface area contributed by atoms with Gasteiger partial charge >= 0.3 is 0 Å². The summed E-state index contributed by atoms with van der Waals surface area (Å²) >= 11 is 1.46. The minimum Gasteiger partial charge on any atom is -0.316 e. The standard InChI is InChI=1S/C15H20N4OS/c1-2-12-10-6-16-5-9(10)7-19(12)8-13-17-11-3-4-21-14(11)15(20)18-13/h3-4,9-10,12,16H,2,5-8H2,1H3,(H,17,18,20). The average Bonchev–Trinajstić information content (AvgIpc) is 3.13. The van der Waals surface area contributed by atoms with E-state index in [2.05, 4.69) is 27.1 Å². The smallest absolute Gasteiger partial charge is 0.268 e. The molecule has 3 unspecified atom stereocenters. The SMILES string of the molecule is CCC1C2CNCC2CN1Cc1nc2ccsc2c(=O)[nH]1. The Kier molecular flexibility index (Phi) is 3.32. The number of aromatic nitrogens is 2. The molecule has 0 radical (unpaired) electrons. The molecule has 2 aliphatic heterocycles. The zero-order valence-electron chi connectivity index (χ0n) is 12.1. The molecule has 2 aromatic heterocycles. The van der Waals surface area contributed by atoms with Gasteiger partial charge in [-0.15, -0.1) is 11.3 Å². The van der Waals surface area contributed by atoms with Crippen molar-refractivity contribution < 1.29 is 0 Å².